The molecule has 1 saturated heterocycles. The number of amides is 1. The number of alkyl carbamates (subject to hydrolysis) is 1. The SMILES string of the molecule is CO[C@@H]1OC(CO)[C@H](OC(=O)NCCNCc2ccccn2)[C@H](O)[C@@H]1O. The van der Waals surface area contributed by atoms with Crippen LogP contribution in [0.25, 0.3) is 0 Å². The van der Waals surface area contributed by atoms with Crippen LogP contribution in [0.4, 0.5) is 4.79 Å². The predicted molar refractivity (Wildman–Crippen MR) is 89.0 cm³/mol. The monoisotopic (exact) mass is 371 g/mol. The fourth-order valence-corrected chi connectivity index (χ4v) is 2.53. The Morgan fingerprint density at radius 1 is 1.31 bits per heavy atom. The molecule has 0 spiro atoms. The zero-order valence-electron chi connectivity index (χ0n) is 14.4. The maximum Gasteiger partial charge on any atom is 0.407 e. The molecule has 1 amide bonds. The first kappa shape index (κ1) is 20.5. The molecule has 0 aromatic carbocycles. The average molecular weight is 371 g/mol. The van der Waals surface area contributed by atoms with Gasteiger partial charge in [0.05, 0.1) is 12.3 Å². The Morgan fingerprint density at radius 2 is 2.12 bits per heavy atom. The molecule has 5 N–H and O–H groups in total. The number of aliphatic hydroxyl groups is 3. The summed E-state index contributed by atoms with van der Waals surface area (Å²) in [5.41, 5.74) is 0.880. The van der Waals surface area contributed by atoms with Gasteiger partial charge in [-0.1, -0.05) is 6.07 Å². The third-order valence-electron chi connectivity index (χ3n) is 3.90. The summed E-state index contributed by atoms with van der Waals surface area (Å²) >= 11 is 0. The first-order chi connectivity index (χ1) is 12.6. The van der Waals surface area contributed by atoms with Crippen molar-refractivity contribution in [3.05, 3.63) is 30.1 Å². The van der Waals surface area contributed by atoms with E-state index in [4.69, 9.17) is 14.2 Å². The summed E-state index contributed by atoms with van der Waals surface area (Å²) in [5.74, 6) is 0. The quantitative estimate of drug-likeness (QED) is 0.340. The number of carbonyl (C=O) groups excluding carboxylic acids is 1. The van der Waals surface area contributed by atoms with Gasteiger partial charge in [-0.3, -0.25) is 4.98 Å². The minimum absolute atomic E-state index is 0.280. The van der Waals surface area contributed by atoms with Crippen LogP contribution in [-0.2, 0) is 20.8 Å². The maximum absolute atomic E-state index is 11.9. The van der Waals surface area contributed by atoms with Gasteiger partial charge in [-0.05, 0) is 12.1 Å². The van der Waals surface area contributed by atoms with E-state index in [2.05, 4.69) is 15.6 Å². The van der Waals surface area contributed by atoms with E-state index in [1.54, 1.807) is 6.20 Å². The Morgan fingerprint density at radius 3 is 2.77 bits per heavy atom. The molecule has 10 heteroatoms. The highest BCUT2D eigenvalue weighted by Crippen LogP contribution is 2.23. The van der Waals surface area contributed by atoms with E-state index >= 15 is 0 Å². The normalized spacial score (nSPS) is 28.5. The van der Waals surface area contributed by atoms with Gasteiger partial charge >= 0.3 is 6.09 Å². The highest BCUT2D eigenvalue weighted by Gasteiger charge is 2.46. The van der Waals surface area contributed by atoms with Gasteiger partial charge in [-0.15, -0.1) is 0 Å². The van der Waals surface area contributed by atoms with Crippen molar-refractivity contribution in [2.24, 2.45) is 0 Å². The number of hydrogen-bond donors (Lipinski definition) is 5. The number of rotatable bonds is 8. The largest absolute Gasteiger partial charge is 0.440 e. The van der Waals surface area contributed by atoms with Crippen molar-refractivity contribution in [3.63, 3.8) is 0 Å². The van der Waals surface area contributed by atoms with E-state index in [-0.39, 0.29) is 6.54 Å². The Balaban J connectivity index is 1.72. The van der Waals surface area contributed by atoms with Crippen LogP contribution >= 0.6 is 0 Å². The molecule has 5 atom stereocenters. The highest BCUT2D eigenvalue weighted by molar-refractivity contribution is 5.67. The van der Waals surface area contributed by atoms with Crippen LogP contribution in [0.2, 0.25) is 0 Å². The predicted octanol–water partition coefficient (Wildman–Crippen LogP) is -1.65. The summed E-state index contributed by atoms with van der Waals surface area (Å²) in [6.45, 7) is 0.812. The molecule has 1 aliphatic rings. The van der Waals surface area contributed by atoms with Gasteiger partial charge in [0.15, 0.2) is 12.4 Å². The molecule has 2 rings (SSSR count). The second-order valence-corrected chi connectivity index (χ2v) is 5.74. The summed E-state index contributed by atoms with van der Waals surface area (Å²) < 4.78 is 15.2. The molecule has 1 aromatic rings. The molecular formula is C16H25N3O7. The summed E-state index contributed by atoms with van der Waals surface area (Å²) in [5, 5.41) is 34.9. The Labute approximate surface area is 151 Å². The Hall–Kier alpha value is -1.82. The molecule has 2 heterocycles. The molecule has 1 aromatic heterocycles. The zero-order chi connectivity index (χ0) is 18.9. The maximum atomic E-state index is 11.9. The fraction of sp³-hybridized carbons (Fsp3) is 0.625. The number of nitrogens with one attached hydrogen (secondary N) is 2. The van der Waals surface area contributed by atoms with Crippen molar-refractivity contribution in [2.75, 3.05) is 26.8 Å². The van der Waals surface area contributed by atoms with Gasteiger partial charge in [-0.2, -0.15) is 0 Å². The van der Waals surface area contributed by atoms with Gasteiger partial charge in [0, 0.05) is 32.9 Å². The van der Waals surface area contributed by atoms with Crippen LogP contribution in [0.5, 0.6) is 0 Å². The van der Waals surface area contributed by atoms with Gasteiger partial charge in [0.25, 0.3) is 0 Å². The average Bonchev–Trinajstić information content (AvgIpc) is 2.66. The third-order valence-corrected chi connectivity index (χ3v) is 3.90. The number of aliphatic hydroxyl groups excluding tert-OH is 3. The molecule has 1 fully saturated rings. The number of ether oxygens (including phenoxy) is 3. The molecule has 0 saturated carbocycles. The second-order valence-electron chi connectivity index (χ2n) is 5.74. The van der Waals surface area contributed by atoms with Crippen LogP contribution in [0.3, 0.4) is 0 Å². The van der Waals surface area contributed by atoms with E-state index in [1.165, 1.54) is 7.11 Å². The number of carbonyl (C=O) groups is 1. The van der Waals surface area contributed by atoms with E-state index in [1.807, 2.05) is 18.2 Å². The lowest BCUT2D eigenvalue weighted by atomic mass is 9.99. The first-order valence-electron chi connectivity index (χ1n) is 8.27. The number of pyridine rings is 1. The summed E-state index contributed by atoms with van der Waals surface area (Å²) in [7, 11) is 1.29. The van der Waals surface area contributed by atoms with Crippen molar-refractivity contribution >= 4 is 6.09 Å². The Kier molecular flexibility index (Phi) is 8.16. The van der Waals surface area contributed by atoms with Crippen molar-refractivity contribution < 1.29 is 34.3 Å². The topological polar surface area (TPSA) is 142 Å². The molecule has 0 bridgehead atoms. The minimum atomic E-state index is -1.45. The van der Waals surface area contributed by atoms with Gasteiger partial charge in [0.1, 0.15) is 18.3 Å². The first-order valence-corrected chi connectivity index (χ1v) is 8.27. The summed E-state index contributed by atoms with van der Waals surface area (Å²) in [6.07, 6.45) is -5.28. The lowest BCUT2D eigenvalue weighted by Crippen LogP contribution is -2.60. The van der Waals surface area contributed by atoms with Crippen molar-refractivity contribution in [3.8, 4) is 0 Å². The van der Waals surface area contributed by atoms with Crippen molar-refractivity contribution in [1.82, 2.24) is 15.6 Å². The highest BCUT2D eigenvalue weighted by atomic mass is 16.7. The molecule has 10 nitrogen and oxygen atoms in total. The summed E-state index contributed by atoms with van der Waals surface area (Å²) in [4.78, 5) is 16.0. The van der Waals surface area contributed by atoms with Crippen LogP contribution in [-0.4, -0.2) is 83.9 Å². The van der Waals surface area contributed by atoms with E-state index in [0.717, 1.165) is 5.69 Å². The molecule has 1 aliphatic heterocycles. The van der Waals surface area contributed by atoms with Crippen LogP contribution < -0.4 is 10.6 Å². The lowest BCUT2D eigenvalue weighted by molar-refractivity contribution is -0.293. The van der Waals surface area contributed by atoms with Gasteiger partial charge in [0.2, 0.25) is 0 Å². The molecule has 1 unspecified atom stereocenters. The van der Waals surface area contributed by atoms with Crippen molar-refractivity contribution in [2.45, 2.75) is 37.3 Å². The molecule has 0 radical (unpaired) electrons. The van der Waals surface area contributed by atoms with Crippen LogP contribution in [0.15, 0.2) is 24.4 Å². The minimum Gasteiger partial charge on any atom is -0.440 e. The molecule has 146 valence electrons. The van der Waals surface area contributed by atoms with Crippen LogP contribution in [0.1, 0.15) is 5.69 Å². The lowest BCUT2D eigenvalue weighted by Gasteiger charge is -2.40. The van der Waals surface area contributed by atoms with Crippen molar-refractivity contribution in [1.29, 1.82) is 0 Å². The molecular weight excluding hydrogens is 346 g/mol. The van der Waals surface area contributed by atoms with Gasteiger partial charge < -0.3 is 40.2 Å². The van der Waals surface area contributed by atoms with E-state index < -0.39 is 43.4 Å². The van der Waals surface area contributed by atoms with Gasteiger partial charge in [-0.25, -0.2) is 4.79 Å². The van der Waals surface area contributed by atoms with E-state index in [9.17, 15) is 20.1 Å². The second kappa shape index (κ2) is 10.4. The standard InChI is InChI=1S/C16H25N3O7/c1-24-15-13(22)12(21)14(11(9-20)25-15)26-16(23)19-7-6-17-8-10-4-2-3-5-18-10/h2-5,11-15,17,20-22H,6-9H2,1H3,(H,19,23)/t11?,12-,13+,14+,15-/m1/s1. The number of hydrogen-bond acceptors (Lipinski definition) is 9. The van der Waals surface area contributed by atoms with Crippen LogP contribution in [0, 0.1) is 0 Å². The summed E-state index contributed by atoms with van der Waals surface area (Å²) in [6, 6.07) is 5.60. The number of aromatic nitrogens is 1. The number of nitrogens with zero attached hydrogens (tertiary/aromatic N) is 1. The van der Waals surface area contributed by atoms with E-state index in [0.29, 0.717) is 13.1 Å². The molecule has 0 aliphatic carbocycles. The fourth-order valence-electron chi connectivity index (χ4n) is 2.53. The number of methoxy groups -OCH3 is 1. The Bertz CT molecular complexity index is 546. The third kappa shape index (κ3) is 5.59. The molecule has 26 heavy (non-hydrogen) atoms. The smallest absolute Gasteiger partial charge is 0.407 e. The zero-order valence-corrected chi connectivity index (χ0v) is 14.4.